The number of benzene rings is 2. The quantitative estimate of drug-likeness (QED) is 0.557. The number of carbonyl (C=O) groups excluding carboxylic acids is 1. The van der Waals surface area contributed by atoms with Gasteiger partial charge >= 0.3 is 12.1 Å². The second-order valence-corrected chi connectivity index (χ2v) is 8.95. The van der Waals surface area contributed by atoms with E-state index in [1.807, 2.05) is 44.2 Å². The molecule has 1 amide bonds. The number of hydrogen-bond donors (Lipinski definition) is 2. The average Bonchev–Trinajstić information content (AvgIpc) is 3.22. The van der Waals surface area contributed by atoms with Gasteiger partial charge in [-0.25, -0.2) is 4.79 Å². The molecule has 6 heteroatoms. The van der Waals surface area contributed by atoms with Gasteiger partial charge in [0.05, 0.1) is 12.5 Å². The molecule has 0 aliphatic heterocycles. The molecule has 0 spiro atoms. The summed E-state index contributed by atoms with van der Waals surface area (Å²) < 4.78 is 5.58. The highest BCUT2D eigenvalue weighted by atomic mass is 32.1. The van der Waals surface area contributed by atoms with Crippen LogP contribution in [0, 0.1) is 13.8 Å². The molecule has 0 saturated carbocycles. The third kappa shape index (κ3) is 3.96. The molecular formula is C24H23NO4S. The van der Waals surface area contributed by atoms with E-state index in [4.69, 9.17) is 4.74 Å². The minimum absolute atomic E-state index is 0.0359. The summed E-state index contributed by atoms with van der Waals surface area (Å²) in [4.78, 5) is 26.0. The summed E-state index contributed by atoms with van der Waals surface area (Å²) >= 11 is 1.58. The lowest BCUT2D eigenvalue weighted by atomic mass is 9.98. The second-order valence-electron chi connectivity index (χ2n) is 7.49. The topological polar surface area (TPSA) is 75.6 Å². The second kappa shape index (κ2) is 8.32. The first-order chi connectivity index (χ1) is 14.4. The first-order valence-electron chi connectivity index (χ1n) is 9.84. The Hall–Kier alpha value is -3.12. The third-order valence-electron chi connectivity index (χ3n) is 5.47. The van der Waals surface area contributed by atoms with Gasteiger partial charge in [-0.3, -0.25) is 4.79 Å². The maximum Gasteiger partial charge on any atom is 0.407 e. The van der Waals surface area contributed by atoms with E-state index in [0.717, 1.165) is 37.6 Å². The summed E-state index contributed by atoms with van der Waals surface area (Å²) in [6.07, 6.45) is -0.798. The fraction of sp³-hybridized carbons (Fsp3) is 0.250. The number of aliphatic carboxylic acids is 1. The molecule has 1 atom stereocenters. The molecule has 1 aliphatic rings. The molecule has 4 rings (SSSR count). The van der Waals surface area contributed by atoms with Crippen LogP contribution in [0.2, 0.25) is 0 Å². The van der Waals surface area contributed by atoms with Gasteiger partial charge in [0, 0.05) is 15.7 Å². The van der Waals surface area contributed by atoms with Crippen LogP contribution < -0.4 is 5.32 Å². The monoisotopic (exact) mass is 421 g/mol. The molecule has 0 unspecified atom stereocenters. The van der Waals surface area contributed by atoms with Gasteiger partial charge < -0.3 is 15.2 Å². The molecule has 154 valence electrons. The van der Waals surface area contributed by atoms with Gasteiger partial charge in [0.25, 0.3) is 0 Å². The number of carboxylic acid groups (broad SMARTS) is 1. The number of ether oxygens (including phenoxy) is 1. The number of carbonyl (C=O) groups is 2. The van der Waals surface area contributed by atoms with Crippen molar-refractivity contribution in [3.8, 4) is 11.1 Å². The predicted octanol–water partition coefficient (Wildman–Crippen LogP) is 5.42. The largest absolute Gasteiger partial charge is 0.481 e. The van der Waals surface area contributed by atoms with Crippen molar-refractivity contribution in [2.45, 2.75) is 32.2 Å². The van der Waals surface area contributed by atoms with E-state index in [1.54, 1.807) is 11.3 Å². The predicted molar refractivity (Wildman–Crippen MR) is 117 cm³/mol. The number of hydrogen-bond acceptors (Lipinski definition) is 4. The normalized spacial score (nSPS) is 13.4. The minimum atomic E-state index is -0.970. The highest BCUT2D eigenvalue weighted by Crippen LogP contribution is 2.44. The van der Waals surface area contributed by atoms with E-state index in [2.05, 4.69) is 29.6 Å². The Bertz CT molecular complexity index is 1060. The van der Waals surface area contributed by atoms with Crippen molar-refractivity contribution in [2.75, 3.05) is 6.61 Å². The Kier molecular flexibility index (Phi) is 5.59. The molecule has 5 nitrogen and oxygen atoms in total. The molecule has 1 heterocycles. The van der Waals surface area contributed by atoms with Crippen molar-refractivity contribution in [3.63, 3.8) is 0 Å². The zero-order valence-electron chi connectivity index (χ0n) is 16.8. The Labute approximate surface area is 179 Å². The Morgan fingerprint density at radius 1 is 1.07 bits per heavy atom. The molecule has 2 N–H and O–H groups in total. The molecule has 30 heavy (non-hydrogen) atoms. The smallest absolute Gasteiger partial charge is 0.407 e. The summed E-state index contributed by atoms with van der Waals surface area (Å²) in [5.74, 6) is -1.01. The first-order valence-corrected chi connectivity index (χ1v) is 10.7. The van der Waals surface area contributed by atoms with Crippen LogP contribution in [-0.4, -0.2) is 23.8 Å². The fourth-order valence-electron chi connectivity index (χ4n) is 4.19. The maximum absolute atomic E-state index is 12.6. The zero-order valence-corrected chi connectivity index (χ0v) is 17.7. The van der Waals surface area contributed by atoms with Gasteiger partial charge in [-0.15, -0.1) is 11.3 Å². The minimum Gasteiger partial charge on any atom is -0.481 e. The Morgan fingerprint density at radius 2 is 1.67 bits per heavy atom. The van der Waals surface area contributed by atoms with Crippen LogP contribution in [0.1, 0.15) is 44.8 Å². The summed E-state index contributed by atoms with van der Waals surface area (Å²) in [7, 11) is 0. The van der Waals surface area contributed by atoms with E-state index >= 15 is 0 Å². The molecule has 0 radical (unpaired) electrons. The van der Waals surface area contributed by atoms with E-state index in [-0.39, 0.29) is 18.9 Å². The summed E-state index contributed by atoms with van der Waals surface area (Å²) in [5, 5.41) is 12.0. The Balaban J connectivity index is 1.49. The lowest BCUT2D eigenvalue weighted by Crippen LogP contribution is -2.31. The summed E-state index contributed by atoms with van der Waals surface area (Å²) in [5.41, 5.74) is 5.43. The molecule has 0 fully saturated rings. The highest BCUT2D eigenvalue weighted by Gasteiger charge is 2.29. The number of nitrogens with one attached hydrogen (secondary N) is 1. The molecule has 0 saturated heterocycles. The van der Waals surface area contributed by atoms with Gasteiger partial charge in [0.15, 0.2) is 0 Å². The summed E-state index contributed by atoms with van der Waals surface area (Å²) in [6.45, 7) is 4.09. The molecule has 0 bridgehead atoms. The van der Waals surface area contributed by atoms with E-state index in [9.17, 15) is 14.7 Å². The average molecular weight is 422 g/mol. The number of aryl methyl sites for hydroxylation is 2. The van der Waals surface area contributed by atoms with Crippen molar-refractivity contribution in [1.29, 1.82) is 0 Å². The third-order valence-corrected chi connectivity index (χ3v) is 6.45. The first kappa shape index (κ1) is 20.2. The van der Waals surface area contributed by atoms with E-state index in [0.29, 0.717) is 0 Å². The standard InChI is InChI=1S/C24H23NO4S/c1-14-11-20(15(2)30-14)22(12-23(26)27)25-24(28)29-13-21-18-9-5-3-7-16(18)17-8-4-6-10-19(17)21/h3-11,21-22H,12-13H2,1-2H3,(H,25,28)(H,26,27)/t22-/m1/s1. The van der Waals surface area contributed by atoms with Gasteiger partial charge in [0.2, 0.25) is 0 Å². The van der Waals surface area contributed by atoms with Crippen LogP contribution >= 0.6 is 11.3 Å². The molecular weight excluding hydrogens is 398 g/mol. The molecule has 2 aromatic carbocycles. The van der Waals surface area contributed by atoms with Crippen molar-refractivity contribution in [2.24, 2.45) is 0 Å². The van der Waals surface area contributed by atoms with Gasteiger partial charge in [0.1, 0.15) is 6.61 Å². The summed E-state index contributed by atoms with van der Waals surface area (Å²) in [6, 6.07) is 17.6. The maximum atomic E-state index is 12.6. The van der Waals surface area contributed by atoms with Crippen LogP contribution in [0.4, 0.5) is 4.79 Å². The van der Waals surface area contributed by atoms with Crippen LogP contribution in [0.5, 0.6) is 0 Å². The van der Waals surface area contributed by atoms with Crippen LogP contribution in [0.15, 0.2) is 54.6 Å². The van der Waals surface area contributed by atoms with Crippen molar-refractivity contribution in [3.05, 3.63) is 81.0 Å². The zero-order chi connectivity index (χ0) is 21.3. The Morgan fingerprint density at radius 3 is 2.20 bits per heavy atom. The lowest BCUT2D eigenvalue weighted by molar-refractivity contribution is -0.137. The van der Waals surface area contributed by atoms with Crippen LogP contribution in [-0.2, 0) is 9.53 Å². The number of thiophene rings is 1. The van der Waals surface area contributed by atoms with Crippen LogP contribution in [0.25, 0.3) is 11.1 Å². The van der Waals surface area contributed by atoms with Gasteiger partial charge in [-0.2, -0.15) is 0 Å². The molecule has 3 aromatic rings. The number of rotatable bonds is 6. The SMILES string of the molecule is Cc1cc([C@@H](CC(=O)O)NC(=O)OCC2c3ccccc3-c3ccccc32)c(C)s1. The number of amides is 1. The van der Waals surface area contributed by atoms with Crippen molar-refractivity contribution < 1.29 is 19.4 Å². The highest BCUT2D eigenvalue weighted by molar-refractivity contribution is 7.12. The van der Waals surface area contributed by atoms with Crippen molar-refractivity contribution in [1.82, 2.24) is 5.32 Å². The van der Waals surface area contributed by atoms with Crippen molar-refractivity contribution >= 4 is 23.4 Å². The fourth-order valence-corrected chi connectivity index (χ4v) is 5.18. The number of alkyl carbamates (subject to hydrolysis) is 1. The lowest BCUT2D eigenvalue weighted by Gasteiger charge is -2.19. The molecule has 1 aliphatic carbocycles. The van der Waals surface area contributed by atoms with E-state index in [1.165, 1.54) is 0 Å². The van der Waals surface area contributed by atoms with E-state index < -0.39 is 18.1 Å². The number of fused-ring (bicyclic) bond motifs is 3. The van der Waals surface area contributed by atoms with Crippen LogP contribution in [0.3, 0.4) is 0 Å². The van der Waals surface area contributed by atoms with Gasteiger partial charge in [-0.1, -0.05) is 48.5 Å². The molecule has 1 aromatic heterocycles. The van der Waals surface area contributed by atoms with Gasteiger partial charge in [-0.05, 0) is 47.7 Å². The number of carboxylic acids is 1.